The highest BCUT2D eigenvalue weighted by Gasteiger charge is 2.18. The first-order chi connectivity index (χ1) is 11.6. The predicted molar refractivity (Wildman–Crippen MR) is 101 cm³/mol. The number of fused-ring (bicyclic) bond motifs is 2. The van der Waals surface area contributed by atoms with Crippen molar-refractivity contribution in [2.45, 2.75) is 80.7 Å². The minimum absolute atomic E-state index is 0. The molecule has 2 aromatic heterocycles. The molecular weight excluding hydrogens is 332 g/mol. The summed E-state index contributed by atoms with van der Waals surface area (Å²) < 4.78 is 14.8. The van der Waals surface area contributed by atoms with Gasteiger partial charge in [0.2, 0.25) is 0 Å². The number of aromatic nitrogens is 6. The summed E-state index contributed by atoms with van der Waals surface area (Å²) >= 11 is 0. The van der Waals surface area contributed by atoms with Gasteiger partial charge in [-0.1, -0.05) is 42.5 Å². The molecule has 0 aromatic carbocycles. The van der Waals surface area contributed by atoms with E-state index >= 15 is 0 Å². The maximum absolute atomic E-state index is 5.33. The fraction of sp³-hybridized carbons (Fsp3) is 0.778. The van der Waals surface area contributed by atoms with Crippen molar-refractivity contribution >= 4 is 0 Å². The SMILES string of the molecule is C.C.CC(C)c1nnc2n1CCOC2.CC(C)c1nnc2n1COCC2. The van der Waals surface area contributed by atoms with Gasteiger partial charge in [0.05, 0.1) is 13.2 Å². The van der Waals surface area contributed by atoms with Crippen LogP contribution in [0.15, 0.2) is 0 Å². The molecule has 2 aliphatic rings. The van der Waals surface area contributed by atoms with Gasteiger partial charge in [-0.05, 0) is 0 Å². The van der Waals surface area contributed by atoms with Gasteiger partial charge in [0.15, 0.2) is 5.82 Å². The Hall–Kier alpha value is -1.80. The van der Waals surface area contributed by atoms with E-state index in [0.717, 1.165) is 49.5 Å². The highest BCUT2D eigenvalue weighted by atomic mass is 16.5. The van der Waals surface area contributed by atoms with E-state index in [4.69, 9.17) is 9.47 Å². The lowest BCUT2D eigenvalue weighted by atomic mass is 10.2. The van der Waals surface area contributed by atoms with Crippen LogP contribution in [0.4, 0.5) is 0 Å². The van der Waals surface area contributed by atoms with Crippen LogP contribution in [-0.4, -0.2) is 42.7 Å². The van der Waals surface area contributed by atoms with Crippen molar-refractivity contribution in [1.29, 1.82) is 0 Å². The maximum Gasteiger partial charge on any atom is 0.159 e. The Morgan fingerprint density at radius 2 is 1.38 bits per heavy atom. The van der Waals surface area contributed by atoms with Crippen LogP contribution in [-0.2, 0) is 35.8 Å². The molecule has 4 rings (SSSR count). The zero-order chi connectivity index (χ0) is 17.1. The van der Waals surface area contributed by atoms with E-state index in [1.165, 1.54) is 0 Å². The third kappa shape index (κ3) is 4.67. The van der Waals surface area contributed by atoms with E-state index in [2.05, 4.69) is 57.2 Å². The molecule has 0 N–H and O–H groups in total. The molecule has 0 radical (unpaired) electrons. The molecule has 2 aromatic rings. The van der Waals surface area contributed by atoms with Crippen molar-refractivity contribution in [3.05, 3.63) is 23.3 Å². The molecule has 2 aliphatic heterocycles. The molecule has 8 heteroatoms. The van der Waals surface area contributed by atoms with Gasteiger partial charge in [-0.3, -0.25) is 4.57 Å². The van der Waals surface area contributed by atoms with E-state index in [9.17, 15) is 0 Å². The van der Waals surface area contributed by atoms with Gasteiger partial charge in [0, 0.05) is 24.8 Å². The van der Waals surface area contributed by atoms with Crippen LogP contribution < -0.4 is 0 Å². The summed E-state index contributed by atoms with van der Waals surface area (Å²) in [6.45, 7) is 12.2. The molecule has 0 fully saturated rings. The third-order valence-electron chi connectivity index (χ3n) is 4.13. The first-order valence-corrected chi connectivity index (χ1v) is 8.57. The topological polar surface area (TPSA) is 79.9 Å². The zero-order valence-electron chi connectivity index (χ0n) is 14.9. The summed E-state index contributed by atoms with van der Waals surface area (Å²) in [5.41, 5.74) is 0. The molecule has 0 atom stereocenters. The lowest BCUT2D eigenvalue weighted by Crippen LogP contribution is -2.19. The van der Waals surface area contributed by atoms with Gasteiger partial charge in [0.25, 0.3) is 0 Å². The van der Waals surface area contributed by atoms with Gasteiger partial charge < -0.3 is 14.0 Å². The molecule has 0 saturated heterocycles. The molecule has 0 aliphatic carbocycles. The molecule has 26 heavy (non-hydrogen) atoms. The Balaban J connectivity index is 0.000000241. The van der Waals surface area contributed by atoms with E-state index in [1.807, 2.05) is 0 Å². The van der Waals surface area contributed by atoms with Crippen LogP contribution in [0.3, 0.4) is 0 Å². The summed E-state index contributed by atoms with van der Waals surface area (Å²) in [4.78, 5) is 0. The van der Waals surface area contributed by atoms with Crippen molar-refractivity contribution in [1.82, 2.24) is 29.5 Å². The largest absolute Gasteiger partial charge is 0.372 e. The van der Waals surface area contributed by atoms with Gasteiger partial charge in [-0.15, -0.1) is 20.4 Å². The first-order valence-electron chi connectivity index (χ1n) is 8.57. The number of hydrogen-bond acceptors (Lipinski definition) is 6. The summed E-state index contributed by atoms with van der Waals surface area (Å²) in [7, 11) is 0. The Bertz CT molecular complexity index is 619. The monoisotopic (exact) mass is 366 g/mol. The van der Waals surface area contributed by atoms with Crippen LogP contribution in [0.2, 0.25) is 0 Å². The minimum Gasteiger partial charge on any atom is -0.372 e. The zero-order valence-corrected chi connectivity index (χ0v) is 14.9. The van der Waals surface area contributed by atoms with Crippen LogP contribution in [0.25, 0.3) is 0 Å². The smallest absolute Gasteiger partial charge is 0.159 e. The van der Waals surface area contributed by atoms with Crippen LogP contribution in [0.1, 0.15) is 77.7 Å². The molecular formula is C18H34N6O2. The average molecular weight is 367 g/mol. The lowest BCUT2D eigenvalue weighted by molar-refractivity contribution is 0.0533. The number of ether oxygens (including phenoxy) is 2. The van der Waals surface area contributed by atoms with Crippen LogP contribution in [0.5, 0.6) is 0 Å². The molecule has 4 heterocycles. The second-order valence-corrected chi connectivity index (χ2v) is 6.68. The van der Waals surface area contributed by atoms with Crippen molar-refractivity contribution < 1.29 is 9.47 Å². The van der Waals surface area contributed by atoms with Gasteiger partial charge >= 0.3 is 0 Å². The summed E-state index contributed by atoms with van der Waals surface area (Å²) in [5.74, 6) is 5.00. The standard InChI is InChI=1S/2C8H13N3O.2CH4/c1-6(2)8-10-9-7-5-12-4-3-11(7)8;1-6(2)8-10-9-7-3-4-12-5-11(7)8;;/h2*6H,3-5H2,1-2H3;2*1H4. The second kappa shape index (κ2) is 9.78. The molecule has 148 valence electrons. The molecule has 0 unspecified atom stereocenters. The van der Waals surface area contributed by atoms with Gasteiger partial charge in [-0.2, -0.15) is 0 Å². The molecule has 0 bridgehead atoms. The minimum atomic E-state index is 0. The van der Waals surface area contributed by atoms with E-state index < -0.39 is 0 Å². The average Bonchev–Trinajstić information content (AvgIpc) is 3.19. The van der Waals surface area contributed by atoms with Crippen LogP contribution >= 0.6 is 0 Å². The van der Waals surface area contributed by atoms with E-state index in [1.54, 1.807) is 0 Å². The van der Waals surface area contributed by atoms with Gasteiger partial charge in [-0.25, -0.2) is 0 Å². The molecule has 0 spiro atoms. The maximum atomic E-state index is 5.33. The van der Waals surface area contributed by atoms with Crippen LogP contribution in [0, 0.1) is 0 Å². The lowest BCUT2D eigenvalue weighted by Gasteiger charge is -2.16. The predicted octanol–water partition coefficient (Wildman–Crippen LogP) is 3.14. The summed E-state index contributed by atoms with van der Waals surface area (Å²) in [6, 6.07) is 0. The Kier molecular flexibility index (Phi) is 8.36. The summed E-state index contributed by atoms with van der Waals surface area (Å²) in [6.07, 6.45) is 0.889. The van der Waals surface area contributed by atoms with E-state index in [-0.39, 0.29) is 14.9 Å². The van der Waals surface area contributed by atoms with Crippen molar-refractivity contribution in [3.8, 4) is 0 Å². The third-order valence-corrected chi connectivity index (χ3v) is 4.13. The fourth-order valence-corrected chi connectivity index (χ4v) is 2.87. The Morgan fingerprint density at radius 1 is 0.769 bits per heavy atom. The van der Waals surface area contributed by atoms with Crippen molar-refractivity contribution in [2.24, 2.45) is 0 Å². The highest BCUT2D eigenvalue weighted by molar-refractivity contribution is 5.01. The normalized spacial score (nSPS) is 15.3. The van der Waals surface area contributed by atoms with Crippen molar-refractivity contribution in [3.63, 3.8) is 0 Å². The van der Waals surface area contributed by atoms with E-state index in [0.29, 0.717) is 25.2 Å². The van der Waals surface area contributed by atoms with Gasteiger partial charge in [0.1, 0.15) is 30.8 Å². The Labute approximate surface area is 156 Å². The first kappa shape index (κ1) is 22.2. The number of rotatable bonds is 2. The summed E-state index contributed by atoms with van der Waals surface area (Å²) in [5, 5.41) is 16.4. The fourth-order valence-electron chi connectivity index (χ4n) is 2.87. The number of hydrogen-bond donors (Lipinski definition) is 0. The number of nitrogens with zero attached hydrogens (tertiary/aromatic N) is 6. The quantitative estimate of drug-likeness (QED) is 0.812. The molecule has 0 saturated carbocycles. The second-order valence-electron chi connectivity index (χ2n) is 6.68. The Morgan fingerprint density at radius 3 is 2.04 bits per heavy atom. The molecule has 0 amide bonds. The molecule has 8 nitrogen and oxygen atoms in total. The van der Waals surface area contributed by atoms with Crippen molar-refractivity contribution in [2.75, 3.05) is 13.2 Å². The highest BCUT2D eigenvalue weighted by Crippen LogP contribution is 2.17.